The Kier molecular flexibility index (Phi) is 5.29. The first-order valence-corrected chi connectivity index (χ1v) is 11.5. The van der Waals surface area contributed by atoms with Crippen molar-refractivity contribution < 1.29 is 13.2 Å². The first-order chi connectivity index (χ1) is 14.4. The van der Waals surface area contributed by atoms with Crippen LogP contribution in [0.25, 0.3) is 17.1 Å². The zero-order valence-corrected chi connectivity index (χ0v) is 17.3. The highest BCUT2D eigenvalue weighted by Crippen LogP contribution is 2.26. The quantitative estimate of drug-likeness (QED) is 0.476. The van der Waals surface area contributed by atoms with E-state index in [1.54, 1.807) is 59.5 Å². The van der Waals surface area contributed by atoms with Gasteiger partial charge in [-0.15, -0.1) is 11.3 Å². The molecule has 9 nitrogen and oxygen atoms in total. The number of rotatable bonds is 6. The molecule has 30 heavy (non-hydrogen) atoms. The molecule has 3 aromatic heterocycles. The average Bonchev–Trinajstić information content (AvgIpc) is 3.40. The monoisotopic (exact) mass is 440 g/mol. The van der Waals surface area contributed by atoms with Crippen LogP contribution in [-0.2, 0) is 10.0 Å². The maximum absolute atomic E-state index is 12.5. The van der Waals surface area contributed by atoms with Gasteiger partial charge in [0.15, 0.2) is 10.9 Å². The summed E-state index contributed by atoms with van der Waals surface area (Å²) in [5.41, 5.74) is 2.35. The Morgan fingerprint density at radius 1 is 1.13 bits per heavy atom. The Labute approximate surface area is 176 Å². The highest BCUT2D eigenvalue weighted by atomic mass is 32.2. The molecule has 0 spiro atoms. The minimum absolute atomic E-state index is 0.317. The lowest BCUT2D eigenvalue weighted by atomic mass is 10.1. The molecule has 4 rings (SSSR count). The number of thiazole rings is 1. The van der Waals surface area contributed by atoms with Gasteiger partial charge in [0, 0.05) is 35.2 Å². The number of pyridine rings is 1. The molecule has 0 atom stereocenters. The number of sulfonamides is 1. The number of hydrogen-bond acceptors (Lipinski definition) is 7. The van der Waals surface area contributed by atoms with Gasteiger partial charge in [-0.1, -0.05) is 12.1 Å². The first kappa shape index (κ1) is 19.7. The van der Waals surface area contributed by atoms with Crippen molar-refractivity contribution in [3.63, 3.8) is 0 Å². The zero-order valence-electron chi connectivity index (χ0n) is 15.7. The van der Waals surface area contributed by atoms with Gasteiger partial charge in [-0.3, -0.25) is 14.8 Å². The molecule has 0 bridgehead atoms. The van der Waals surface area contributed by atoms with E-state index in [0.717, 1.165) is 11.8 Å². The van der Waals surface area contributed by atoms with Crippen LogP contribution >= 0.6 is 11.3 Å². The van der Waals surface area contributed by atoms with Gasteiger partial charge in [0.2, 0.25) is 10.0 Å². The summed E-state index contributed by atoms with van der Waals surface area (Å²) in [4.78, 5) is 21.1. The maximum Gasteiger partial charge on any atom is 0.259 e. The molecule has 152 valence electrons. The number of hydrogen-bond donors (Lipinski definition) is 2. The number of carbonyl (C=O) groups is 1. The number of aromatic nitrogens is 4. The second-order valence-corrected chi connectivity index (χ2v) is 8.91. The topological polar surface area (TPSA) is 119 Å². The summed E-state index contributed by atoms with van der Waals surface area (Å²) in [5.74, 6) is 0.296. The highest BCUT2D eigenvalue weighted by Gasteiger charge is 2.11. The molecule has 4 aromatic rings. The lowest BCUT2D eigenvalue weighted by molar-refractivity contribution is 0.102. The number of carbonyl (C=O) groups excluding carboxylic acids is 1. The van der Waals surface area contributed by atoms with Crippen molar-refractivity contribution in [2.24, 2.45) is 0 Å². The third kappa shape index (κ3) is 4.70. The van der Waals surface area contributed by atoms with Crippen LogP contribution in [0.4, 0.5) is 10.8 Å². The van der Waals surface area contributed by atoms with Crippen LogP contribution in [-0.4, -0.2) is 40.3 Å². The minimum Gasteiger partial charge on any atom is -0.298 e. The van der Waals surface area contributed by atoms with Crippen molar-refractivity contribution in [1.82, 2.24) is 19.7 Å². The molecular weight excluding hydrogens is 424 g/mol. The van der Waals surface area contributed by atoms with Crippen molar-refractivity contribution in [3.05, 3.63) is 72.0 Å². The summed E-state index contributed by atoms with van der Waals surface area (Å²) < 4.78 is 26.6. The van der Waals surface area contributed by atoms with Crippen LogP contribution in [0.2, 0.25) is 0 Å². The first-order valence-electron chi connectivity index (χ1n) is 8.68. The van der Waals surface area contributed by atoms with E-state index >= 15 is 0 Å². The number of nitrogens with one attached hydrogen (secondary N) is 2. The lowest BCUT2D eigenvalue weighted by Gasteiger charge is -2.04. The number of anilines is 2. The molecule has 2 N–H and O–H groups in total. The summed E-state index contributed by atoms with van der Waals surface area (Å²) in [6.45, 7) is 0. The Balaban J connectivity index is 1.43. The Hall–Kier alpha value is -3.57. The summed E-state index contributed by atoms with van der Waals surface area (Å²) in [6, 6.07) is 12.0. The molecule has 3 heterocycles. The largest absolute Gasteiger partial charge is 0.298 e. The van der Waals surface area contributed by atoms with Crippen LogP contribution in [0.5, 0.6) is 0 Å². The Bertz CT molecular complexity index is 1260. The van der Waals surface area contributed by atoms with Gasteiger partial charge in [-0.25, -0.2) is 23.1 Å². The van der Waals surface area contributed by atoms with Crippen molar-refractivity contribution >= 4 is 38.1 Å². The summed E-state index contributed by atoms with van der Waals surface area (Å²) in [7, 11) is -3.33. The predicted octanol–water partition coefficient (Wildman–Crippen LogP) is 3.01. The van der Waals surface area contributed by atoms with E-state index in [4.69, 9.17) is 0 Å². The molecule has 0 aliphatic rings. The normalized spacial score (nSPS) is 11.2. The molecule has 0 saturated carbocycles. The highest BCUT2D eigenvalue weighted by molar-refractivity contribution is 7.92. The van der Waals surface area contributed by atoms with Crippen molar-refractivity contribution in [3.8, 4) is 17.1 Å². The predicted molar refractivity (Wildman–Crippen MR) is 115 cm³/mol. The van der Waals surface area contributed by atoms with E-state index < -0.39 is 10.0 Å². The Morgan fingerprint density at radius 2 is 1.93 bits per heavy atom. The molecule has 0 aliphatic carbocycles. The van der Waals surface area contributed by atoms with Gasteiger partial charge in [0.25, 0.3) is 5.91 Å². The zero-order chi connectivity index (χ0) is 21.1. The molecular formula is C19H16N6O3S2. The van der Waals surface area contributed by atoms with Gasteiger partial charge >= 0.3 is 0 Å². The fourth-order valence-electron chi connectivity index (χ4n) is 2.62. The average molecular weight is 441 g/mol. The smallest absolute Gasteiger partial charge is 0.259 e. The van der Waals surface area contributed by atoms with Gasteiger partial charge in [-0.2, -0.15) is 5.10 Å². The Morgan fingerprint density at radius 3 is 2.57 bits per heavy atom. The molecule has 0 fully saturated rings. The van der Waals surface area contributed by atoms with E-state index in [9.17, 15) is 13.2 Å². The lowest BCUT2D eigenvalue weighted by Crippen LogP contribution is -2.12. The number of nitrogens with zero attached hydrogens (tertiary/aromatic N) is 4. The van der Waals surface area contributed by atoms with Gasteiger partial charge in [-0.05, 0) is 30.3 Å². The maximum atomic E-state index is 12.5. The standard InChI is InChI=1S/C19H16N6O3S2/c1-30(27,28)24-15-6-3-13(4-7-15)16-12-29-19(22-16)23-18(26)14-5-8-17(20-11-14)25-10-2-9-21-25/h2-12,24H,1H3,(H,22,23,26). The van der Waals surface area contributed by atoms with Crippen LogP contribution in [0.3, 0.4) is 0 Å². The van der Waals surface area contributed by atoms with E-state index in [2.05, 4.69) is 25.1 Å². The molecule has 0 aliphatic heterocycles. The second kappa shape index (κ2) is 8.05. The third-order valence-electron chi connectivity index (χ3n) is 3.96. The molecule has 0 unspecified atom stereocenters. The number of benzene rings is 1. The fraction of sp³-hybridized carbons (Fsp3) is 0.0526. The fourth-order valence-corrected chi connectivity index (χ4v) is 3.90. The summed E-state index contributed by atoms with van der Waals surface area (Å²) >= 11 is 1.29. The van der Waals surface area contributed by atoms with Crippen molar-refractivity contribution in [2.75, 3.05) is 16.3 Å². The van der Waals surface area contributed by atoms with Crippen LogP contribution < -0.4 is 10.0 Å². The summed E-state index contributed by atoms with van der Waals surface area (Å²) in [5, 5.41) is 9.12. The van der Waals surface area contributed by atoms with Crippen LogP contribution in [0.15, 0.2) is 66.4 Å². The molecule has 1 amide bonds. The van der Waals surface area contributed by atoms with Crippen molar-refractivity contribution in [1.29, 1.82) is 0 Å². The molecule has 11 heteroatoms. The van der Waals surface area contributed by atoms with Crippen molar-refractivity contribution in [2.45, 2.75) is 0 Å². The molecule has 0 saturated heterocycles. The number of amides is 1. The second-order valence-electron chi connectivity index (χ2n) is 6.30. The van der Waals surface area contributed by atoms with E-state index in [1.165, 1.54) is 17.5 Å². The van der Waals surface area contributed by atoms with E-state index in [1.807, 2.05) is 5.38 Å². The SMILES string of the molecule is CS(=O)(=O)Nc1ccc(-c2csc(NC(=O)c3ccc(-n4cccn4)nc3)n2)cc1. The molecule has 0 radical (unpaired) electrons. The van der Waals surface area contributed by atoms with Crippen LogP contribution in [0.1, 0.15) is 10.4 Å². The van der Waals surface area contributed by atoms with Gasteiger partial charge in [0.05, 0.1) is 17.5 Å². The van der Waals surface area contributed by atoms with Gasteiger partial charge < -0.3 is 0 Å². The third-order valence-corrected chi connectivity index (χ3v) is 5.32. The summed E-state index contributed by atoms with van der Waals surface area (Å²) in [6.07, 6.45) is 5.99. The molecule has 1 aromatic carbocycles. The van der Waals surface area contributed by atoms with E-state index in [0.29, 0.717) is 27.9 Å². The van der Waals surface area contributed by atoms with Gasteiger partial charge in [0.1, 0.15) is 0 Å². The van der Waals surface area contributed by atoms with E-state index in [-0.39, 0.29) is 5.91 Å². The van der Waals surface area contributed by atoms with Crippen LogP contribution in [0, 0.1) is 0 Å². The minimum atomic E-state index is -3.33.